The van der Waals surface area contributed by atoms with Crippen LogP contribution in [0.2, 0.25) is 0 Å². The second kappa shape index (κ2) is 9.26. The zero-order valence-corrected chi connectivity index (χ0v) is 15.9. The lowest BCUT2D eigenvalue weighted by Crippen LogP contribution is -2.31. The third-order valence-corrected chi connectivity index (χ3v) is 3.40. The molecule has 0 aliphatic rings. The van der Waals surface area contributed by atoms with Crippen LogP contribution in [-0.2, 0) is 13.0 Å². The lowest BCUT2D eigenvalue weighted by molar-refractivity contribution is 0.330. The van der Waals surface area contributed by atoms with Gasteiger partial charge in [0.1, 0.15) is 5.82 Å². The largest absolute Gasteiger partial charge is 0.320 e. The van der Waals surface area contributed by atoms with Gasteiger partial charge in [-0.2, -0.15) is 0 Å². The molecule has 0 unspecified atom stereocenters. The maximum atomic E-state index is 12.8. The highest BCUT2D eigenvalue weighted by molar-refractivity contribution is 5.85. The first-order valence-electron chi connectivity index (χ1n) is 7.55. The lowest BCUT2D eigenvalue weighted by Gasteiger charge is -2.22. The molecule has 0 spiro atoms. The Labute approximate surface area is 150 Å². The van der Waals surface area contributed by atoms with Crippen LogP contribution in [0.4, 0.5) is 0 Å². The average molecular weight is 360 g/mol. The van der Waals surface area contributed by atoms with Gasteiger partial charge in [0.2, 0.25) is 0 Å². The number of hydrogen-bond acceptors (Lipinski definition) is 3. The normalized spacial score (nSPS) is 11.0. The van der Waals surface area contributed by atoms with E-state index in [9.17, 15) is 4.79 Å². The van der Waals surface area contributed by atoms with Gasteiger partial charge in [-0.15, -0.1) is 24.8 Å². The summed E-state index contributed by atoms with van der Waals surface area (Å²) in [6, 6.07) is 7.61. The molecule has 2 rings (SSSR count). The summed E-state index contributed by atoms with van der Waals surface area (Å²) < 4.78 is 1.86. The third-order valence-electron chi connectivity index (χ3n) is 3.40. The van der Waals surface area contributed by atoms with Crippen molar-refractivity contribution >= 4 is 35.7 Å². The number of rotatable bonds is 5. The van der Waals surface area contributed by atoms with Crippen molar-refractivity contribution in [1.29, 1.82) is 0 Å². The van der Waals surface area contributed by atoms with Gasteiger partial charge in [-0.25, -0.2) is 4.98 Å². The van der Waals surface area contributed by atoms with Crippen molar-refractivity contribution in [1.82, 2.24) is 14.9 Å². The number of nitrogens with one attached hydrogen (secondary N) is 1. The molecular weight excluding hydrogens is 333 g/mol. The van der Waals surface area contributed by atoms with Crippen molar-refractivity contribution in [3.05, 3.63) is 40.4 Å². The standard InChI is InChI=1S/C17H25N3O.2ClH/c1-17(2,3)12-20-15(10-7-11-18-4)19-14-9-6-5-8-13(14)16(20)21;;/h5-6,8-9,18H,7,10-12H2,1-4H3;2*1H. The molecule has 0 bridgehead atoms. The zero-order valence-electron chi connectivity index (χ0n) is 14.3. The van der Waals surface area contributed by atoms with Crippen molar-refractivity contribution in [2.45, 2.75) is 40.2 Å². The zero-order chi connectivity index (χ0) is 15.5. The summed E-state index contributed by atoms with van der Waals surface area (Å²) in [7, 11) is 1.94. The van der Waals surface area contributed by atoms with E-state index >= 15 is 0 Å². The van der Waals surface area contributed by atoms with E-state index in [-0.39, 0.29) is 35.8 Å². The molecule has 2 aromatic rings. The molecule has 0 fully saturated rings. The molecule has 0 saturated heterocycles. The van der Waals surface area contributed by atoms with Crippen LogP contribution in [0.1, 0.15) is 33.0 Å². The molecule has 0 aliphatic carbocycles. The van der Waals surface area contributed by atoms with Gasteiger partial charge in [-0.3, -0.25) is 9.36 Å². The van der Waals surface area contributed by atoms with E-state index in [1.807, 2.05) is 35.9 Å². The van der Waals surface area contributed by atoms with E-state index in [1.165, 1.54) is 0 Å². The van der Waals surface area contributed by atoms with Crippen LogP contribution in [0.15, 0.2) is 29.1 Å². The minimum Gasteiger partial charge on any atom is -0.320 e. The molecule has 23 heavy (non-hydrogen) atoms. The molecule has 0 saturated carbocycles. The fourth-order valence-corrected chi connectivity index (χ4v) is 2.47. The van der Waals surface area contributed by atoms with Crippen LogP contribution in [-0.4, -0.2) is 23.1 Å². The Morgan fingerprint density at radius 1 is 1.17 bits per heavy atom. The summed E-state index contributed by atoms with van der Waals surface area (Å²) >= 11 is 0. The molecule has 1 aromatic carbocycles. The van der Waals surface area contributed by atoms with Gasteiger partial charge in [0.05, 0.1) is 10.9 Å². The van der Waals surface area contributed by atoms with E-state index in [1.54, 1.807) is 0 Å². The van der Waals surface area contributed by atoms with Crippen LogP contribution in [0.5, 0.6) is 0 Å². The van der Waals surface area contributed by atoms with E-state index in [4.69, 9.17) is 4.98 Å². The van der Waals surface area contributed by atoms with Gasteiger partial charge in [-0.05, 0) is 37.6 Å². The summed E-state index contributed by atoms with van der Waals surface area (Å²) in [5, 5.41) is 3.85. The molecule has 1 aromatic heterocycles. The second-order valence-electron chi connectivity index (χ2n) is 6.70. The van der Waals surface area contributed by atoms with Crippen molar-refractivity contribution in [3.63, 3.8) is 0 Å². The number of nitrogens with zero attached hydrogens (tertiary/aromatic N) is 2. The van der Waals surface area contributed by atoms with Gasteiger partial charge < -0.3 is 5.32 Å². The highest BCUT2D eigenvalue weighted by Crippen LogP contribution is 2.18. The van der Waals surface area contributed by atoms with E-state index in [0.29, 0.717) is 11.9 Å². The number of halogens is 2. The van der Waals surface area contributed by atoms with Crippen LogP contribution >= 0.6 is 24.8 Å². The van der Waals surface area contributed by atoms with Gasteiger partial charge in [0.25, 0.3) is 5.56 Å². The number of para-hydroxylation sites is 1. The van der Waals surface area contributed by atoms with E-state index in [2.05, 4.69) is 26.1 Å². The molecule has 0 atom stereocenters. The number of hydrogen-bond donors (Lipinski definition) is 1. The molecule has 0 amide bonds. The number of fused-ring (bicyclic) bond motifs is 1. The number of aryl methyl sites for hydroxylation is 1. The molecule has 1 heterocycles. The van der Waals surface area contributed by atoms with Crippen LogP contribution in [0, 0.1) is 5.41 Å². The van der Waals surface area contributed by atoms with Crippen LogP contribution in [0.3, 0.4) is 0 Å². The molecule has 0 radical (unpaired) electrons. The Bertz CT molecular complexity index is 678. The Kier molecular flexibility index (Phi) is 8.82. The molecular formula is C17H27Cl2N3O. The molecule has 0 aliphatic heterocycles. The maximum absolute atomic E-state index is 12.8. The monoisotopic (exact) mass is 359 g/mol. The van der Waals surface area contributed by atoms with Crippen LogP contribution < -0.4 is 10.9 Å². The molecule has 4 nitrogen and oxygen atoms in total. The fourth-order valence-electron chi connectivity index (χ4n) is 2.47. The molecule has 130 valence electrons. The summed E-state index contributed by atoms with van der Waals surface area (Å²) in [4.78, 5) is 17.5. The topological polar surface area (TPSA) is 46.9 Å². The summed E-state index contributed by atoms with van der Waals surface area (Å²) in [5.74, 6) is 0.892. The van der Waals surface area contributed by atoms with Gasteiger partial charge in [0.15, 0.2) is 0 Å². The Morgan fingerprint density at radius 3 is 2.43 bits per heavy atom. The molecule has 6 heteroatoms. The Hall–Kier alpha value is -1.10. The third kappa shape index (κ3) is 5.79. The second-order valence-corrected chi connectivity index (χ2v) is 6.70. The first-order chi connectivity index (χ1) is 9.92. The number of aromatic nitrogens is 2. The van der Waals surface area contributed by atoms with Gasteiger partial charge in [0, 0.05) is 13.0 Å². The quantitative estimate of drug-likeness (QED) is 0.831. The summed E-state index contributed by atoms with van der Waals surface area (Å²) in [6.45, 7) is 8.06. The van der Waals surface area contributed by atoms with Gasteiger partial charge >= 0.3 is 0 Å². The fraction of sp³-hybridized carbons (Fsp3) is 0.529. The Balaban J connectivity index is 0.00000242. The smallest absolute Gasteiger partial charge is 0.261 e. The summed E-state index contributed by atoms with van der Waals surface area (Å²) in [5.41, 5.74) is 0.924. The van der Waals surface area contributed by atoms with E-state index in [0.717, 1.165) is 30.7 Å². The Morgan fingerprint density at radius 2 is 1.83 bits per heavy atom. The van der Waals surface area contributed by atoms with Gasteiger partial charge in [-0.1, -0.05) is 32.9 Å². The molecule has 1 N–H and O–H groups in total. The number of benzene rings is 1. The van der Waals surface area contributed by atoms with Crippen molar-refractivity contribution in [2.75, 3.05) is 13.6 Å². The lowest BCUT2D eigenvalue weighted by atomic mass is 9.96. The maximum Gasteiger partial charge on any atom is 0.261 e. The predicted molar refractivity (Wildman–Crippen MR) is 102 cm³/mol. The van der Waals surface area contributed by atoms with Crippen molar-refractivity contribution in [2.24, 2.45) is 5.41 Å². The van der Waals surface area contributed by atoms with Crippen molar-refractivity contribution < 1.29 is 0 Å². The first kappa shape index (κ1) is 21.9. The minimum absolute atomic E-state index is 0. The van der Waals surface area contributed by atoms with Crippen LogP contribution in [0.25, 0.3) is 10.9 Å². The van der Waals surface area contributed by atoms with E-state index < -0.39 is 0 Å². The van der Waals surface area contributed by atoms with Crippen molar-refractivity contribution in [3.8, 4) is 0 Å². The average Bonchev–Trinajstić information content (AvgIpc) is 2.42. The minimum atomic E-state index is 0. The first-order valence-corrected chi connectivity index (χ1v) is 7.55. The highest BCUT2D eigenvalue weighted by Gasteiger charge is 2.17. The summed E-state index contributed by atoms with van der Waals surface area (Å²) in [6.07, 6.45) is 1.79. The predicted octanol–water partition coefficient (Wildman–Crippen LogP) is 3.44. The highest BCUT2D eigenvalue weighted by atomic mass is 35.5. The SMILES string of the molecule is CNCCCc1nc2ccccc2c(=O)n1CC(C)(C)C.Cl.Cl.